The van der Waals surface area contributed by atoms with Crippen LogP contribution >= 0.6 is 15.9 Å². The predicted octanol–water partition coefficient (Wildman–Crippen LogP) is 1.49. The average Bonchev–Trinajstić information content (AvgIpc) is 2.96. The fourth-order valence-corrected chi connectivity index (χ4v) is 2.55. The number of carbonyl (C=O) groups is 1. The van der Waals surface area contributed by atoms with Gasteiger partial charge in [-0.3, -0.25) is 14.3 Å². The van der Waals surface area contributed by atoms with Crippen LogP contribution in [0.5, 0.6) is 0 Å². The second-order valence-electron chi connectivity index (χ2n) is 4.73. The Morgan fingerprint density at radius 3 is 2.70 bits per heavy atom. The highest BCUT2D eigenvalue weighted by atomic mass is 79.9. The van der Waals surface area contributed by atoms with Gasteiger partial charge >= 0.3 is 5.97 Å². The number of hydrogen-bond acceptors (Lipinski definition) is 5. The van der Waals surface area contributed by atoms with Gasteiger partial charge in [0.05, 0.1) is 33.8 Å². The number of carboxylic acid groups (broad SMARTS) is 1. The molecule has 8 nitrogen and oxygen atoms in total. The number of nitrogens with zero attached hydrogens (tertiary/aromatic N) is 5. The van der Waals surface area contributed by atoms with E-state index < -0.39 is 5.97 Å². The molecule has 0 aliphatic heterocycles. The van der Waals surface area contributed by atoms with Gasteiger partial charge in [-0.25, -0.2) is 9.48 Å². The van der Waals surface area contributed by atoms with Crippen molar-refractivity contribution in [2.75, 3.05) is 0 Å². The molecule has 116 valence electrons. The number of halogens is 1. The molecule has 9 heteroatoms. The van der Waals surface area contributed by atoms with Gasteiger partial charge in [-0.1, -0.05) is 5.21 Å². The summed E-state index contributed by atoms with van der Waals surface area (Å²) in [5.74, 6) is -1.13. The molecule has 0 unspecified atom stereocenters. The molecule has 0 spiro atoms. The summed E-state index contributed by atoms with van der Waals surface area (Å²) >= 11 is 3.09. The number of hydrogen-bond donors (Lipinski definition) is 1. The molecule has 0 atom stereocenters. The van der Waals surface area contributed by atoms with Crippen LogP contribution in [0.2, 0.25) is 0 Å². The van der Waals surface area contributed by atoms with Gasteiger partial charge in [0.15, 0.2) is 0 Å². The normalized spacial score (nSPS) is 10.7. The fraction of sp³-hybridized carbons (Fsp3) is 0.0714. The molecule has 0 aliphatic carbocycles. The molecule has 0 aromatic carbocycles. The Balaban J connectivity index is 2.19. The zero-order valence-electron chi connectivity index (χ0n) is 11.8. The molecule has 3 aromatic rings. The number of aromatic nitrogens is 5. The van der Waals surface area contributed by atoms with Crippen molar-refractivity contribution < 1.29 is 9.90 Å². The first-order chi connectivity index (χ1) is 11.0. The minimum Gasteiger partial charge on any atom is -0.478 e. The van der Waals surface area contributed by atoms with Crippen molar-refractivity contribution in [3.8, 4) is 16.9 Å². The first kappa shape index (κ1) is 15.1. The molecule has 3 heterocycles. The molecular formula is C14H10BrN5O3. The first-order valence-corrected chi connectivity index (χ1v) is 7.22. The SMILES string of the molecule is Cn1nncc1-c1cncc(-n2cc(C(=O)O)cc(Br)c2=O)c1. The van der Waals surface area contributed by atoms with Gasteiger partial charge in [0.1, 0.15) is 0 Å². The highest BCUT2D eigenvalue weighted by Gasteiger charge is 2.12. The molecule has 0 aliphatic rings. The maximum Gasteiger partial charge on any atom is 0.337 e. The Morgan fingerprint density at radius 1 is 1.26 bits per heavy atom. The molecule has 23 heavy (non-hydrogen) atoms. The number of aryl methyl sites for hydroxylation is 1. The van der Waals surface area contributed by atoms with Crippen LogP contribution in [0.25, 0.3) is 16.9 Å². The van der Waals surface area contributed by atoms with E-state index in [1.54, 1.807) is 30.2 Å². The van der Waals surface area contributed by atoms with Crippen LogP contribution in [0.1, 0.15) is 10.4 Å². The molecule has 0 fully saturated rings. The molecule has 0 amide bonds. The summed E-state index contributed by atoms with van der Waals surface area (Å²) in [5, 5.41) is 16.8. The summed E-state index contributed by atoms with van der Waals surface area (Å²) in [6, 6.07) is 2.98. The third-order valence-corrected chi connectivity index (χ3v) is 3.80. The Labute approximate surface area is 138 Å². The minimum atomic E-state index is -1.13. The number of pyridine rings is 2. The lowest BCUT2D eigenvalue weighted by Crippen LogP contribution is -2.20. The lowest BCUT2D eigenvalue weighted by molar-refractivity contribution is 0.0696. The van der Waals surface area contributed by atoms with E-state index in [0.717, 1.165) is 5.69 Å². The summed E-state index contributed by atoms with van der Waals surface area (Å²) in [6.07, 6.45) is 5.93. The third kappa shape index (κ3) is 2.78. The largest absolute Gasteiger partial charge is 0.478 e. The molecule has 3 rings (SSSR count). The average molecular weight is 376 g/mol. The van der Waals surface area contributed by atoms with Crippen molar-refractivity contribution in [3.05, 3.63) is 57.3 Å². The van der Waals surface area contributed by atoms with Crippen molar-refractivity contribution >= 4 is 21.9 Å². The van der Waals surface area contributed by atoms with Crippen LogP contribution in [0.4, 0.5) is 0 Å². The van der Waals surface area contributed by atoms with Gasteiger partial charge in [0.2, 0.25) is 0 Å². The molecule has 0 saturated heterocycles. The summed E-state index contributed by atoms with van der Waals surface area (Å²) < 4.78 is 2.96. The smallest absolute Gasteiger partial charge is 0.337 e. The highest BCUT2D eigenvalue weighted by Crippen LogP contribution is 2.19. The van der Waals surface area contributed by atoms with E-state index in [1.165, 1.54) is 23.0 Å². The predicted molar refractivity (Wildman–Crippen MR) is 84.5 cm³/mol. The molecule has 1 N–H and O–H groups in total. The summed E-state index contributed by atoms with van der Waals surface area (Å²) in [5.41, 5.74) is 1.48. The summed E-state index contributed by atoms with van der Waals surface area (Å²) in [7, 11) is 1.74. The maximum absolute atomic E-state index is 12.3. The van der Waals surface area contributed by atoms with Crippen molar-refractivity contribution in [2.45, 2.75) is 0 Å². The quantitative estimate of drug-likeness (QED) is 0.743. The van der Waals surface area contributed by atoms with E-state index in [9.17, 15) is 9.59 Å². The van der Waals surface area contributed by atoms with E-state index in [4.69, 9.17) is 5.11 Å². The molecule has 0 radical (unpaired) electrons. The van der Waals surface area contributed by atoms with Gasteiger partial charge in [0, 0.05) is 25.0 Å². The molecular weight excluding hydrogens is 366 g/mol. The lowest BCUT2D eigenvalue weighted by Gasteiger charge is -2.09. The maximum atomic E-state index is 12.3. The Bertz CT molecular complexity index is 963. The topological polar surface area (TPSA) is 103 Å². The Morgan fingerprint density at radius 2 is 2.04 bits per heavy atom. The summed E-state index contributed by atoms with van der Waals surface area (Å²) in [4.78, 5) is 27.6. The van der Waals surface area contributed by atoms with E-state index in [-0.39, 0.29) is 15.6 Å². The third-order valence-electron chi connectivity index (χ3n) is 3.23. The van der Waals surface area contributed by atoms with E-state index in [1.807, 2.05) is 0 Å². The van der Waals surface area contributed by atoms with Crippen molar-refractivity contribution in [1.29, 1.82) is 0 Å². The fourth-order valence-electron chi connectivity index (χ4n) is 2.11. The molecule has 0 bridgehead atoms. The zero-order valence-corrected chi connectivity index (χ0v) is 13.4. The van der Waals surface area contributed by atoms with Gasteiger partial charge < -0.3 is 5.11 Å². The minimum absolute atomic E-state index is 0.0101. The van der Waals surface area contributed by atoms with Crippen LogP contribution in [0, 0.1) is 0 Å². The summed E-state index contributed by atoms with van der Waals surface area (Å²) in [6.45, 7) is 0. The van der Waals surface area contributed by atoms with Gasteiger partial charge in [-0.05, 0) is 28.1 Å². The Hall–Kier alpha value is -2.81. The van der Waals surface area contributed by atoms with Gasteiger partial charge in [-0.15, -0.1) is 5.10 Å². The lowest BCUT2D eigenvalue weighted by atomic mass is 10.2. The zero-order chi connectivity index (χ0) is 16.6. The van der Waals surface area contributed by atoms with Crippen LogP contribution in [-0.4, -0.2) is 35.6 Å². The van der Waals surface area contributed by atoms with Crippen LogP contribution in [0.15, 0.2) is 46.2 Å². The number of carboxylic acids is 1. The standard InChI is InChI=1S/C14H10BrN5O3/c1-19-12(6-17-18-19)8-2-10(5-16-4-8)20-7-9(14(22)23)3-11(15)13(20)21/h2-7H,1H3,(H,22,23). The van der Waals surface area contributed by atoms with Gasteiger partial charge in [-0.2, -0.15) is 0 Å². The van der Waals surface area contributed by atoms with Crippen molar-refractivity contribution in [1.82, 2.24) is 24.5 Å². The monoisotopic (exact) mass is 375 g/mol. The number of rotatable bonds is 3. The Kier molecular flexibility index (Phi) is 3.78. The van der Waals surface area contributed by atoms with Crippen molar-refractivity contribution in [2.24, 2.45) is 7.05 Å². The first-order valence-electron chi connectivity index (χ1n) is 6.43. The van der Waals surface area contributed by atoms with Crippen LogP contribution < -0.4 is 5.56 Å². The van der Waals surface area contributed by atoms with Crippen molar-refractivity contribution in [3.63, 3.8) is 0 Å². The second-order valence-corrected chi connectivity index (χ2v) is 5.59. The van der Waals surface area contributed by atoms with E-state index in [0.29, 0.717) is 11.3 Å². The van der Waals surface area contributed by atoms with Gasteiger partial charge in [0.25, 0.3) is 5.56 Å². The van der Waals surface area contributed by atoms with E-state index in [2.05, 4.69) is 31.2 Å². The van der Waals surface area contributed by atoms with Crippen LogP contribution in [-0.2, 0) is 7.05 Å². The molecule has 0 saturated carbocycles. The highest BCUT2D eigenvalue weighted by molar-refractivity contribution is 9.10. The molecule has 3 aromatic heterocycles. The van der Waals surface area contributed by atoms with E-state index >= 15 is 0 Å². The number of aromatic carboxylic acids is 1. The van der Waals surface area contributed by atoms with Crippen LogP contribution in [0.3, 0.4) is 0 Å². The second kappa shape index (κ2) is 5.76.